The molecule has 0 amide bonds. The van der Waals surface area contributed by atoms with E-state index < -0.39 is 0 Å². The van der Waals surface area contributed by atoms with Crippen molar-refractivity contribution in [1.82, 2.24) is 15.6 Å². The Balaban J connectivity index is 1.76. The number of aromatic nitrogens is 2. The van der Waals surface area contributed by atoms with Gasteiger partial charge in [-0.05, 0) is 31.9 Å². The number of hydrogen-bond acceptors (Lipinski definition) is 5. The Labute approximate surface area is 132 Å². The second kappa shape index (κ2) is 6.22. The molecule has 0 radical (unpaired) electrons. The van der Waals surface area contributed by atoms with E-state index in [0.717, 1.165) is 5.56 Å². The van der Waals surface area contributed by atoms with Crippen molar-refractivity contribution in [2.75, 3.05) is 0 Å². The Hall–Kier alpha value is -1.30. The number of halogens is 2. The maximum atomic E-state index is 6.25. The third-order valence-electron chi connectivity index (χ3n) is 3.34. The fourth-order valence-electron chi connectivity index (χ4n) is 1.97. The first kappa shape index (κ1) is 14.6. The summed E-state index contributed by atoms with van der Waals surface area (Å²) < 4.78 is 10.5. The van der Waals surface area contributed by atoms with E-state index in [1.165, 1.54) is 12.8 Å². The van der Waals surface area contributed by atoms with Gasteiger partial charge in [-0.3, -0.25) is 0 Å². The molecule has 1 aliphatic carbocycles. The molecule has 0 saturated heterocycles. The first-order valence-corrected chi connectivity index (χ1v) is 7.51. The van der Waals surface area contributed by atoms with E-state index in [1.807, 2.05) is 13.0 Å². The molecule has 3 rings (SSSR count). The van der Waals surface area contributed by atoms with Crippen LogP contribution in [0.15, 0.2) is 16.8 Å². The van der Waals surface area contributed by atoms with Crippen LogP contribution in [-0.2, 0) is 13.2 Å². The first-order valence-electron chi connectivity index (χ1n) is 6.75. The van der Waals surface area contributed by atoms with Gasteiger partial charge in [-0.15, -0.1) is 0 Å². The Morgan fingerprint density at radius 2 is 2.14 bits per heavy atom. The molecule has 0 aliphatic heterocycles. The lowest BCUT2D eigenvalue weighted by Gasteiger charge is -2.13. The van der Waals surface area contributed by atoms with E-state index in [4.69, 9.17) is 27.9 Å². The molecule has 5 nitrogen and oxygen atoms in total. The van der Waals surface area contributed by atoms with Crippen molar-refractivity contribution in [3.63, 3.8) is 0 Å². The normalized spacial score (nSPS) is 14.4. The molecule has 7 heteroatoms. The summed E-state index contributed by atoms with van der Waals surface area (Å²) in [6, 6.07) is 4.14. The molecule has 1 fully saturated rings. The highest BCUT2D eigenvalue weighted by Gasteiger charge is 2.21. The van der Waals surface area contributed by atoms with Gasteiger partial charge >= 0.3 is 0 Å². The zero-order chi connectivity index (χ0) is 14.8. The maximum Gasteiger partial charge on any atom is 0.145 e. The molecule has 0 spiro atoms. The van der Waals surface area contributed by atoms with Crippen LogP contribution in [-0.4, -0.2) is 16.4 Å². The van der Waals surface area contributed by atoms with Gasteiger partial charge in [0.2, 0.25) is 0 Å². The fraction of sp³-hybridized carbons (Fsp3) is 0.429. The van der Waals surface area contributed by atoms with Gasteiger partial charge in [-0.2, -0.15) is 0 Å². The van der Waals surface area contributed by atoms with Crippen molar-refractivity contribution in [3.8, 4) is 5.75 Å². The van der Waals surface area contributed by atoms with Crippen LogP contribution in [0, 0.1) is 6.92 Å². The van der Waals surface area contributed by atoms with Crippen LogP contribution in [0.1, 0.15) is 29.8 Å². The number of benzene rings is 1. The van der Waals surface area contributed by atoms with Gasteiger partial charge < -0.3 is 10.1 Å². The lowest BCUT2D eigenvalue weighted by Crippen LogP contribution is -2.16. The molecule has 0 unspecified atom stereocenters. The fourth-order valence-corrected chi connectivity index (χ4v) is 2.56. The van der Waals surface area contributed by atoms with Crippen molar-refractivity contribution >= 4 is 23.2 Å². The van der Waals surface area contributed by atoms with Crippen LogP contribution >= 0.6 is 23.2 Å². The van der Waals surface area contributed by atoms with Crippen LogP contribution in [0.5, 0.6) is 5.75 Å². The lowest BCUT2D eigenvalue weighted by atomic mass is 10.2. The van der Waals surface area contributed by atoms with Gasteiger partial charge in [0.1, 0.15) is 23.7 Å². The summed E-state index contributed by atoms with van der Waals surface area (Å²) in [5.74, 6) is 0.622. The summed E-state index contributed by atoms with van der Waals surface area (Å²) >= 11 is 12.3. The van der Waals surface area contributed by atoms with Crippen LogP contribution in [0.25, 0.3) is 0 Å². The van der Waals surface area contributed by atoms with Crippen molar-refractivity contribution in [2.45, 2.75) is 39.0 Å². The lowest BCUT2D eigenvalue weighted by molar-refractivity contribution is 0.268. The molecule has 2 aromatic rings. The standard InChI is InChI=1S/C14H15Cl2N3O2/c1-8-13(19-21-18-8)7-20-14-9(6-17-11-2-3-11)4-10(15)5-12(14)16/h4-5,11,17H,2-3,6-7H2,1H3. The summed E-state index contributed by atoms with van der Waals surface area (Å²) in [6.45, 7) is 2.75. The molecule has 1 aromatic heterocycles. The van der Waals surface area contributed by atoms with E-state index >= 15 is 0 Å². The van der Waals surface area contributed by atoms with Gasteiger partial charge in [0.15, 0.2) is 0 Å². The minimum absolute atomic E-state index is 0.257. The zero-order valence-electron chi connectivity index (χ0n) is 11.5. The molecule has 0 atom stereocenters. The smallest absolute Gasteiger partial charge is 0.145 e. The Morgan fingerprint density at radius 1 is 1.33 bits per heavy atom. The van der Waals surface area contributed by atoms with Crippen molar-refractivity contribution in [2.24, 2.45) is 0 Å². The topological polar surface area (TPSA) is 60.2 Å². The number of nitrogens with one attached hydrogen (secondary N) is 1. The number of ether oxygens (including phenoxy) is 1. The number of nitrogens with zero attached hydrogens (tertiary/aromatic N) is 2. The van der Waals surface area contributed by atoms with Gasteiger partial charge in [0.05, 0.1) is 5.02 Å². The predicted octanol–water partition coefficient (Wildman–Crippen LogP) is 3.52. The summed E-state index contributed by atoms with van der Waals surface area (Å²) in [4.78, 5) is 0. The monoisotopic (exact) mass is 327 g/mol. The number of hydrogen-bond donors (Lipinski definition) is 1. The highest BCUT2D eigenvalue weighted by atomic mass is 35.5. The molecule has 21 heavy (non-hydrogen) atoms. The average molecular weight is 328 g/mol. The highest BCUT2D eigenvalue weighted by molar-refractivity contribution is 6.35. The molecular weight excluding hydrogens is 313 g/mol. The Kier molecular flexibility index (Phi) is 4.33. The summed E-state index contributed by atoms with van der Waals surface area (Å²) in [5, 5.41) is 12.0. The van der Waals surface area contributed by atoms with Crippen LogP contribution in [0.3, 0.4) is 0 Å². The summed E-state index contributed by atoms with van der Waals surface area (Å²) in [6.07, 6.45) is 2.43. The highest BCUT2D eigenvalue weighted by Crippen LogP contribution is 2.33. The number of aryl methyl sites for hydroxylation is 1. The van der Waals surface area contributed by atoms with Gasteiger partial charge in [-0.25, -0.2) is 4.63 Å². The van der Waals surface area contributed by atoms with Crippen LogP contribution in [0.2, 0.25) is 10.0 Å². The SMILES string of the molecule is Cc1nonc1COc1c(Cl)cc(Cl)cc1CNC1CC1. The third-order valence-corrected chi connectivity index (χ3v) is 3.84. The van der Waals surface area contributed by atoms with Crippen molar-refractivity contribution < 1.29 is 9.37 Å². The van der Waals surface area contributed by atoms with E-state index in [2.05, 4.69) is 20.3 Å². The van der Waals surface area contributed by atoms with E-state index in [1.54, 1.807) is 6.07 Å². The minimum Gasteiger partial charge on any atom is -0.485 e. The second-order valence-corrected chi connectivity index (χ2v) is 5.96. The van der Waals surface area contributed by atoms with Crippen molar-refractivity contribution in [1.29, 1.82) is 0 Å². The largest absolute Gasteiger partial charge is 0.485 e. The molecule has 1 aliphatic rings. The van der Waals surface area contributed by atoms with E-state index in [9.17, 15) is 0 Å². The predicted molar refractivity (Wildman–Crippen MR) is 79.7 cm³/mol. The van der Waals surface area contributed by atoms with Crippen LogP contribution in [0.4, 0.5) is 0 Å². The van der Waals surface area contributed by atoms with Crippen molar-refractivity contribution in [3.05, 3.63) is 39.1 Å². The molecule has 1 aromatic carbocycles. The second-order valence-electron chi connectivity index (χ2n) is 5.12. The molecular formula is C14H15Cl2N3O2. The zero-order valence-corrected chi connectivity index (χ0v) is 13.0. The molecule has 1 saturated carbocycles. The minimum atomic E-state index is 0.257. The van der Waals surface area contributed by atoms with Gasteiger partial charge in [0, 0.05) is 23.2 Å². The van der Waals surface area contributed by atoms with Gasteiger partial charge in [-0.1, -0.05) is 33.5 Å². The van der Waals surface area contributed by atoms with E-state index in [0.29, 0.717) is 39.8 Å². The molecule has 112 valence electrons. The third kappa shape index (κ3) is 3.67. The Morgan fingerprint density at radius 3 is 2.81 bits per heavy atom. The number of rotatable bonds is 6. The molecule has 1 N–H and O–H groups in total. The summed E-state index contributed by atoms with van der Waals surface area (Å²) in [5.41, 5.74) is 2.30. The van der Waals surface area contributed by atoms with Crippen LogP contribution < -0.4 is 10.1 Å². The molecule has 0 bridgehead atoms. The van der Waals surface area contributed by atoms with Gasteiger partial charge in [0.25, 0.3) is 0 Å². The molecule has 1 heterocycles. The van der Waals surface area contributed by atoms with E-state index in [-0.39, 0.29) is 6.61 Å². The first-order chi connectivity index (χ1) is 10.1. The quantitative estimate of drug-likeness (QED) is 0.879. The maximum absolute atomic E-state index is 6.25. The summed E-state index contributed by atoms with van der Waals surface area (Å²) in [7, 11) is 0. The Bertz CT molecular complexity index is 641. The average Bonchev–Trinajstić information content (AvgIpc) is 3.18.